The van der Waals surface area contributed by atoms with Gasteiger partial charge in [-0.1, -0.05) is 19.9 Å². The van der Waals surface area contributed by atoms with Gasteiger partial charge in [-0.2, -0.15) is 4.31 Å². The summed E-state index contributed by atoms with van der Waals surface area (Å²) in [4.78, 5) is 13.8. The van der Waals surface area contributed by atoms with Crippen molar-refractivity contribution >= 4 is 15.9 Å². The second-order valence-corrected chi connectivity index (χ2v) is 6.21. The molecule has 0 saturated carbocycles. The number of rotatable bonds is 9. The lowest BCUT2D eigenvalue weighted by molar-refractivity contribution is -0.131. The van der Waals surface area contributed by atoms with Crippen LogP contribution in [0.15, 0.2) is 12.7 Å². The minimum absolute atomic E-state index is 0.106. The third-order valence-corrected chi connectivity index (χ3v) is 3.67. The standard InChI is InChI=1S/C12H24N2O3S/c1-5-8-13(9-6-2)12(15)11-14(10-7-3)18(4,16)17/h7H,3,5-6,8-11H2,1-2,4H3. The van der Waals surface area contributed by atoms with Crippen LogP contribution in [-0.2, 0) is 14.8 Å². The van der Waals surface area contributed by atoms with Crippen molar-refractivity contribution in [2.24, 2.45) is 0 Å². The molecule has 0 saturated heterocycles. The maximum absolute atomic E-state index is 12.0. The molecule has 0 aromatic heterocycles. The van der Waals surface area contributed by atoms with Gasteiger partial charge in [-0.25, -0.2) is 8.42 Å². The maximum Gasteiger partial charge on any atom is 0.237 e. The highest BCUT2D eigenvalue weighted by Gasteiger charge is 2.21. The van der Waals surface area contributed by atoms with E-state index in [2.05, 4.69) is 6.58 Å². The number of sulfonamides is 1. The first kappa shape index (κ1) is 17.1. The van der Waals surface area contributed by atoms with Crippen molar-refractivity contribution in [1.29, 1.82) is 0 Å². The summed E-state index contributed by atoms with van der Waals surface area (Å²) in [7, 11) is -3.37. The Morgan fingerprint density at radius 1 is 1.22 bits per heavy atom. The van der Waals surface area contributed by atoms with E-state index in [1.165, 1.54) is 6.08 Å². The number of hydrogen-bond donors (Lipinski definition) is 0. The molecule has 0 unspecified atom stereocenters. The third-order valence-electron chi connectivity index (χ3n) is 2.45. The van der Waals surface area contributed by atoms with Gasteiger partial charge < -0.3 is 4.90 Å². The predicted octanol–water partition coefficient (Wildman–Crippen LogP) is 1.08. The van der Waals surface area contributed by atoms with Crippen LogP contribution in [0.2, 0.25) is 0 Å². The summed E-state index contributed by atoms with van der Waals surface area (Å²) in [6, 6.07) is 0. The minimum Gasteiger partial charge on any atom is -0.342 e. The fourth-order valence-corrected chi connectivity index (χ4v) is 2.33. The molecule has 0 fully saturated rings. The zero-order chi connectivity index (χ0) is 14.2. The van der Waals surface area contributed by atoms with Crippen LogP contribution in [0.5, 0.6) is 0 Å². The van der Waals surface area contributed by atoms with E-state index in [0.29, 0.717) is 13.1 Å². The molecule has 0 radical (unpaired) electrons. The van der Waals surface area contributed by atoms with Crippen LogP contribution in [0, 0.1) is 0 Å². The summed E-state index contributed by atoms with van der Waals surface area (Å²) in [5.74, 6) is -0.147. The average Bonchev–Trinajstić information content (AvgIpc) is 2.26. The number of hydrogen-bond acceptors (Lipinski definition) is 3. The van der Waals surface area contributed by atoms with E-state index in [1.807, 2.05) is 13.8 Å². The summed E-state index contributed by atoms with van der Waals surface area (Å²) >= 11 is 0. The van der Waals surface area contributed by atoms with Gasteiger partial charge in [0, 0.05) is 19.6 Å². The molecular formula is C12H24N2O3S. The summed E-state index contributed by atoms with van der Waals surface area (Å²) in [6.45, 7) is 8.88. The van der Waals surface area contributed by atoms with Gasteiger partial charge in [0.05, 0.1) is 12.8 Å². The fourth-order valence-electron chi connectivity index (χ4n) is 1.61. The molecule has 18 heavy (non-hydrogen) atoms. The molecule has 0 N–H and O–H groups in total. The summed E-state index contributed by atoms with van der Waals surface area (Å²) in [6.07, 6.45) is 4.32. The monoisotopic (exact) mass is 276 g/mol. The van der Waals surface area contributed by atoms with Crippen LogP contribution in [0.1, 0.15) is 26.7 Å². The zero-order valence-corrected chi connectivity index (χ0v) is 12.4. The normalized spacial score (nSPS) is 11.6. The van der Waals surface area contributed by atoms with Crippen LogP contribution in [0.25, 0.3) is 0 Å². The van der Waals surface area contributed by atoms with Crippen molar-refractivity contribution in [3.63, 3.8) is 0 Å². The molecule has 0 atom stereocenters. The second-order valence-electron chi connectivity index (χ2n) is 4.22. The molecule has 0 aromatic carbocycles. The molecule has 0 aliphatic heterocycles. The SMILES string of the molecule is C=CCN(CC(=O)N(CCC)CCC)S(C)(=O)=O. The number of carbonyl (C=O) groups is 1. The van der Waals surface area contributed by atoms with Crippen molar-refractivity contribution in [2.75, 3.05) is 32.4 Å². The van der Waals surface area contributed by atoms with Gasteiger partial charge in [0.15, 0.2) is 0 Å². The highest BCUT2D eigenvalue weighted by Crippen LogP contribution is 2.02. The van der Waals surface area contributed by atoms with E-state index in [4.69, 9.17) is 0 Å². The first-order chi connectivity index (χ1) is 8.36. The Morgan fingerprint density at radius 3 is 2.06 bits per heavy atom. The van der Waals surface area contributed by atoms with E-state index < -0.39 is 10.0 Å². The van der Waals surface area contributed by atoms with Crippen LogP contribution in [0.3, 0.4) is 0 Å². The summed E-state index contributed by atoms with van der Waals surface area (Å²) in [5, 5.41) is 0. The minimum atomic E-state index is -3.37. The van der Waals surface area contributed by atoms with Gasteiger partial charge in [-0.3, -0.25) is 4.79 Å². The van der Waals surface area contributed by atoms with Gasteiger partial charge in [0.25, 0.3) is 0 Å². The molecule has 0 bridgehead atoms. The lowest BCUT2D eigenvalue weighted by Gasteiger charge is -2.25. The number of amides is 1. The highest BCUT2D eigenvalue weighted by atomic mass is 32.2. The van der Waals surface area contributed by atoms with Crippen molar-refractivity contribution in [1.82, 2.24) is 9.21 Å². The molecule has 0 aromatic rings. The van der Waals surface area contributed by atoms with Crippen molar-refractivity contribution in [3.05, 3.63) is 12.7 Å². The van der Waals surface area contributed by atoms with Gasteiger partial charge >= 0.3 is 0 Å². The first-order valence-electron chi connectivity index (χ1n) is 6.20. The van der Waals surface area contributed by atoms with Crippen LogP contribution in [-0.4, -0.2) is 56.0 Å². The molecule has 106 valence electrons. The predicted molar refractivity (Wildman–Crippen MR) is 73.8 cm³/mol. The Morgan fingerprint density at radius 2 is 1.72 bits per heavy atom. The van der Waals surface area contributed by atoms with E-state index in [1.54, 1.807) is 4.90 Å². The van der Waals surface area contributed by atoms with Crippen LogP contribution >= 0.6 is 0 Å². The van der Waals surface area contributed by atoms with Gasteiger partial charge in [-0.15, -0.1) is 6.58 Å². The molecule has 5 nitrogen and oxygen atoms in total. The van der Waals surface area contributed by atoms with Crippen molar-refractivity contribution in [2.45, 2.75) is 26.7 Å². The Bertz CT molecular complexity index is 360. The molecular weight excluding hydrogens is 252 g/mol. The second kappa shape index (κ2) is 8.26. The lowest BCUT2D eigenvalue weighted by atomic mass is 10.3. The topological polar surface area (TPSA) is 57.7 Å². The van der Waals surface area contributed by atoms with Crippen molar-refractivity contribution < 1.29 is 13.2 Å². The molecule has 0 heterocycles. The van der Waals surface area contributed by atoms with E-state index in [-0.39, 0.29) is 19.0 Å². The Balaban J connectivity index is 4.70. The van der Waals surface area contributed by atoms with E-state index in [9.17, 15) is 13.2 Å². The molecule has 0 aliphatic carbocycles. The molecule has 0 rings (SSSR count). The summed E-state index contributed by atoms with van der Waals surface area (Å²) in [5.41, 5.74) is 0. The quantitative estimate of drug-likeness (QED) is 0.592. The zero-order valence-electron chi connectivity index (χ0n) is 11.6. The summed E-state index contributed by atoms with van der Waals surface area (Å²) < 4.78 is 24.1. The number of nitrogens with zero attached hydrogens (tertiary/aromatic N) is 2. The van der Waals surface area contributed by atoms with E-state index in [0.717, 1.165) is 23.4 Å². The smallest absolute Gasteiger partial charge is 0.237 e. The fraction of sp³-hybridized carbons (Fsp3) is 0.750. The molecule has 0 spiro atoms. The average molecular weight is 276 g/mol. The molecule has 1 amide bonds. The number of carbonyl (C=O) groups excluding carboxylic acids is 1. The van der Waals surface area contributed by atoms with Gasteiger partial charge in [0.2, 0.25) is 15.9 Å². The van der Waals surface area contributed by atoms with Crippen LogP contribution in [0.4, 0.5) is 0 Å². The molecule has 6 heteroatoms. The first-order valence-corrected chi connectivity index (χ1v) is 8.05. The van der Waals surface area contributed by atoms with E-state index >= 15 is 0 Å². The third kappa shape index (κ3) is 6.16. The largest absolute Gasteiger partial charge is 0.342 e. The Labute approximate surface area is 111 Å². The van der Waals surface area contributed by atoms with Gasteiger partial charge in [0.1, 0.15) is 0 Å². The maximum atomic E-state index is 12.0. The lowest BCUT2D eigenvalue weighted by Crippen LogP contribution is -2.43. The van der Waals surface area contributed by atoms with Crippen LogP contribution < -0.4 is 0 Å². The Kier molecular flexibility index (Phi) is 7.86. The molecule has 0 aliphatic rings. The van der Waals surface area contributed by atoms with Gasteiger partial charge in [-0.05, 0) is 12.8 Å². The highest BCUT2D eigenvalue weighted by molar-refractivity contribution is 7.88. The van der Waals surface area contributed by atoms with Crippen molar-refractivity contribution in [3.8, 4) is 0 Å². The Hall–Kier alpha value is -0.880.